The first kappa shape index (κ1) is 14.9. The molecule has 1 aromatic heterocycles. The number of amides is 2. The molecule has 2 amide bonds. The van der Waals surface area contributed by atoms with Crippen molar-refractivity contribution < 1.29 is 14.1 Å². The second-order valence-electron chi connectivity index (χ2n) is 4.40. The van der Waals surface area contributed by atoms with Crippen LogP contribution in [0, 0.1) is 0 Å². The quantitative estimate of drug-likeness (QED) is 0.917. The largest absolute Gasteiger partial charge is 0.497 e. The molecule has 0 spiro atoms. The van der Waals surface area contributed by atoms with E-state index in [4.69, 9.17) is 9.26 Å². The summed E-state index contributed by atoms with van der Waals surface area (Å²) in [7, 11) is 1.62. The number of ether oxygens (including phenoxy) is 1. The van der Waals surface area contributed by atoms with Crippen LogP contribution in [-0.2, 0) is 0 Å². The van der Waals surface area contributed by atoms with Gasteiger partial charge in [-0.1, -0.05) is 17.3 Å². The first-order chi connectivity index (χ1) is 10.2. The van der Waals surface area contributed by atoms with E-state index in [-0.39, 0.29) is 6.03 Å². The highest BCUT2D eigenvalue weighted by molar-refractivity contribution is 5.92. The molecule has 6 heteroatoms. The lowest BCUT2D eigenvalue weighted by molar-refractivity contribution is 0.216. The molecule has 0 aliphatic rings. The topological polar surface area (TPSA) is 67.6 Å². The molecule has 0 unspecified atom stereocenters. The van der Waals surface area contributed by atoms with Gasteiger partial charge in [0.15, 0.2) is 0 Å². The van der Waals surface area contributed by atoms with E-state index in [1.54, 1.807) is 18.2 Å². The number of nitrogens with zero attached hydrogens (tertiary/aromatic N) is 2. The van der Waals surface area contributed by atoms with Crippen molar-refractivity contribution in [3.05, 3.63) is 30.5 Å². The van der Waals surface area contributed by atoms with Crippen LogP contribution in [0.5, 0.6) is 5.75 Å². The maximum Gasteiger partial charge on any atom is 0.324 e. The summed E-state index contributed by atoms with van der Waals surface area (Å²) in [6, 6.07) is 7.26. The van der Waals surface area contributed by atoms with E-state index in [1.807, 2.05) is 38.1 Å². The Kier molecular flexibility index (Phi) is 4.81. The van der Waals surface area contributed by atoms with Gasteiger partial charge in [0.1, 0.15) is 5.75 Å². The fraction of sp³-hybridized carbons (Fsp3) is 0.333. The molecule has 112 valence electrons. The van der Waals surface area contributed by atoms with Gasteiger partial charge in [0.2, 0.25) is 5.88 Å². The van der Waals surface area contributed by atoms with E-state index >= 15 is 0 Å². The van der Waals surface area contributed by atoms with Crippen LogP contribution in [-0.4, -0.2) is 36.3 Å². The molecule has 0 bridgehead atoms. The molecule has 2 rings (SSSR count). The number of nitrogens with one attached hydrogen (secondary N) is 1. The molecule has 0 aliphatic heterocycles. The van der Waals surface area contributed by atoms with Gasteiger partial charge < -0.3 is 14.2 Å². The standard InChI is InChI=1S/C15H19N3O3/c1-4-18(5-2)15(19)17-14-13(10-16-21-14)11-6-8-12(20-3)9-7-11/h6-10H,4-5H2,1-3H3,(H,17,19). The Bertz CT molecular complexity index is 588. The molecule has 2 aromatic rings. The van der Waals surface area contributed by atoms with Gasteiger partial charge >= 0.3 is 6.03 Å². The molecule has 0 saturated heterocycles. The zero-order valence-corrected chi connectivity index (χ0v) is 12.4. The lowest BCUT2D eigenvalue weighted by atomic mass is 10.1. The highest BCUT2D eigenvalue weighted by Gasteiger charge is 2.16. The maximum absolute atomic E-state index is 12.1. The lowest BCUT2D eigenvalue weighted by Gasteiger charge is -2.18. The number of aromatic nitrogens is 1. The lowest BCUT2D eigenvalue weighted by Crippen LogP contribution is -2.34. The second kappa shape index (κ2) is 6.78. The van der Waals surface area contributed by atoms with Gasteiger partial charge in [-0.15, -0.1) is 0 Å². The summed E-state index contributed by atoms with van der Waals surface area (Å²) in [5, 5.41) is 6.51. The second-order valence-corrected chi connectivity index (χ2v) is 4.40. The summed E-state index contributed by atoms with van der Waals surface area (Å²) in [5.74, 6) is 1.11. The molecular formula is C15H19N3O3. The summed E-state index contributed by atoms with van der Waals surface area (Å²) < 4.78 is 10.3. The van der Waals surface area contributed by atoms with Crippen molar-refractivity contribution >= 4 is 11.9 Å². The van der Waals surface area contributed by atoms with Crippen molar-refractivity contribution in [3.63, 3.8) is 0 Å². The SMILES string of the molecule is CCN(CC)C(=O)Nc1oncc1-c1ccc(OC)cc1. The zero-order valence-electron chi connectivity index (χ0n) is 12.4. The Morgan fingerprint density at radius 3 is 2.52 bits per heavy atom. The van der Waals surface area contributed by atoms with E-state index in [0.29, 0.717) is 19.0 Å². The molecule has 0 radical (unpaired) electrons. The van der Waals surface area contributed by atoms with E-state index in [2.05, 4.69) is 10.5 Å². The van der Waals surface area contributed by atoms with E-state index in [9.17, 15) is 4.79 Å². The predicted octanol–water partition coefficient (Wildman–Crippen LogP) is 3.22. The van der Waals surface area contributed by atoms with Crippen LogP contribution >= 0.6 is 0 Å². The number of rotatable bonds is 5. The van der Waals surface area contributed by atoms with Crippen LogP contribution in [0.4, 0.5) is 10.7 Å². The van der Waals surface area contributed by atoms with Crippen LogP contribution in [0.15, 0.2) is 35.0 Å². The number of methoxy groups -OCH3 is 1. The monoisotopic (exact) mass is 289 g/mol. The minimum atomic E-state index is -0.202. The van der Waals surface area contributed by atoms with Crippen LogP contribution in [0.25, 0.3) is 11.1 Å². The Morgan fingerprint density at radius 1 is 1.29 bits per heavy atom. The Labute approximate surface area is 123 Å². The van der Waals surface area contributed by atoms with E-state index in [0.717, 1.165) is 16.9 Å². The highest BCUT2D eigenvalue weighted by atomic mass is 16.5. The van der Waals surface area contributed by atoms with Crippen molar-refractivity contribution in [2.45, 2.75) is 13.8 Å². The van der Waals surface area contributed by atoms with Crippen molar-refractivity contribution in [3.8, 4) is 16.9 Å². The minimum Gasteiger partial charge on any atom is -0.497 e. The highest BCUT2D eigenvalue weighted by Crippen LogP contribution is 2.29. The summed E-state index contributed by atoms with van der Waals surface area (Å²) in [4.78, 5) is 13.7. The Morgan fingerprint density at radius 2 is 1.95 bits per heavy atom. The van der Waals surface area contributed by atoms with Gasteiger partial charge in [0, 0.05) is 13.1 Å². The predicted molar refractivity (Wildman–Crippen MR) is 80.4 cm³/mol. The third kappa shape index (κ3) is 3.34. The van der Waals surface area contributed by atoms with Crippen molar-refractivity contribution in [1.29, 1.82) is 0 Å². The number of hydrogen-bond acceptors (Lipinski definition) is 4. The third-order valence-electron chi connectivity index (χ3n) is 3.24. The fourth-order valence-corrected chi connectivity index (χ4v) is 1.99. The van der Waals surface area contributed by atoms with E-state index in [1.165, 1.54) is 0 Å². The number of carbonyl (C=O) groups excluding carboxylic acids is 1. The summed E-state index contributed by atoms with van der Waals surface area (Å²) >= 11 is 0. The fourth-order valence-electron chi connectivity index (χ4n) is 1.99. The first-order valence-corrected chi connectivity index (χ1v) is 6.84. The molecule has 0 fully saturated rings. The van der Waals surface area contributed by atoms with Gasteiger partial charge in [-0.05, 0) is 31.5 Å². The zero-order chi connectivity index (χ0) is 15.2. The summed E-state index contributed by atoms with van der Waals surface area (Å²) in [6.07, 6.45) is 1.58. The number of hydrogen-bond donors (Lipinski definition) is 1. The molecule has 1 N–H and O–H groups in total. The molecule has 1 heterocycles. The van der Waals surface area contributed by atoms with Crippen LogP contribution in [0.1, 0.15) is 13.8 Å². The summed E-state index contributed by atoms with van der Waals surface area (Å²) in [6.45, 7) is 5.12. The Hall–Kier alpha value is -2.50. The number of carbonyl (C=O) groups is 1. The average Bonchev–Trinajstić information content (AvgIpc) is 2.96. The maximum atomic E-state index is 12.1. The van der Waals surface area contributed by atoms with Crippen LogP contribution in [0.2, 0.25) is 0 Å². The summed E-state index contributed by atoms with van der Waals surface area (Å²) in [5.41, 5.74) is 1.63. The number of benzene rings is 1. The normalized spacial score (nSPS) is 10.2. The molecule has 1 aromatic carbocycles. The minimum absolute atomic E-state index is 0.202. The van der Waals surface area contributed by atoms with Crippen LogP contribution < -0.4 is 10.1 Å². The van der Waals surface area contributed by atoms with Crippen LogP contribution in [0.3, 0.4) is 0 Å². The van der Waals surface area contributed by atoms with Crippen molar-refractivity contribution in [1.82, 2.24) is 10.1 Å². The third-order valence-corrected chi connectivity index (χ3v) is 3.24. The van der Waals surface area contributed by atoms with Gasteiger partial charge in [-0.2, -0.15) is 0 Å². The number of urea groups is 1. The molecule has 6 nitrogen and oxygen atoms in total. The Balaban J connectivity index is 2.19. The van der Waals surface area contributed by atoms with Gasteiger partial charge in [0.25, 0.3) is 0 Å². The molecule has 21 heavy (non-hydrogen) atoms. The van der Waals surface area contributed by atoms with Crippen molar-refractivity contribution in [2.24, 2.45) is 0 Å². The van der Waals surface area contributed by atoms with Gasteiger partial charge in [-0.25, -0.2) is 4.79 Å². The smallest absolute Gasteiger partial charge is 0.324 e. The van der Waals surface area contributed by atoms with Gasteiger partial charge in [0.05, 0.1) is 18.9 Å². The molecule has 0 atom stereocenters. The average molecular weight is 289 g/mol. The molecule has 0 saturated carbocycles. The van der Waals surface area contributed by atoms with E-state index < -0.39 is 0 Å². The van der Waals surface area contributed by atoms with Crippen molar-refractivity contribution in [2.75, 3.05) is 25.5 Å². The molecular weight excluding hydrogens is 270 g/mol. The van der Waals surface area contributed by atoms with Gasteiger partial charge in [-0.3, -0.25) is 5.32 Å². The first-order valence-electron chi connectivity index (χ1n) is 6.84. The molecule has 0 aliphatic carbocycles. The number of anilines is 1.